The molecular formula is C11H19NO3S. The molecule has 0 fully saturated rings. The van der Waals surface area contributed by atoms with Crippen molar-refractivity contribution in [2.45, 2.75) is 45.8 Å². The summed E-state index contributed by atoms with van der Waals surface area (Å²) in [7, 11) is -3.28. The van der Waals surface area contributed by atoms with Crippen LogP contribution in [0.25, 0.3) is 0 Å². The molecule has 1 atom stereocenters. The Labute approximate surface area is 97.6 Å². The van der Waals surface area contributed by atoms with Gasteiger partial charge in [-0.05, 0) is 41.0 Å². The van der Waals surface area contributed by atoms with Gasteiger partial charge in [-0.3, -0.25) is 4.79 Å². The first-order valence-electron chi connectivity index (χ1n) is 5.11. The molecule has 0 saturated heterocycles. The summed E-state index contributed by atoms with van der Waals surface area (Å²) in [4.78, 5) is 11.2. The Morgan fingerprint density at radius 2 is 1.69 bits per heavy atom. The Morgan fingerprint density at radius 1 is 1.25 bits per heavy atom. The van der Waals surface area contributed by atoms with Crippen LogP contribution in [-0.2, 0) is 14.6 Å². The number of sulfone groups is 1. The maximum absolute atomic E-state index is 11.8. The molecule has 0 heterocycles. The smallest absolute Gasteiger partial charge is 0.155 e. The van der Waals surface area contributed by atoms with Crippen molar-refractivity contribution in [2.75, 3.05) is 5.75 Å². The van der Waals surface area contributed by atoms with Gasteiger partial charge in [-0.15, -0.1) is 0 Å². The van der Waals surface area contributed by atoms with Crippen molar-refractivity contribution in [3.8, 4) is 6.07 Å². The van der Waals surface area contributed by atoms with Crippen molar-refractivity contribution in [2.24, 2.45) is 5.41 Å². The summed E-state index contributed by atoms with van der Waals surface area (Å²) >= 11 is 0. The van der Waals surface area contributed by atoms with Crippen molar-refractivity contribution in [3.05, 3.63) is 0 Å². The zero-order valence-electron chi connectivity index (χ0n) is 10.5. The number of carbonyl (C=O) groups is 1. The highest BCUT2D eigenvalue weighted by molar-refractivity contribution is 7.92. The molecule has 0 aromatic rings. The molecule has 0 aliphatic carbocycles. The van der Waals surface area contributed by atoms with Crippen LogP contribution in [0.1, 0.15) is 41.0 Å². The largest absolute Gasteiger partial charge is 0.298 e. The Bertz CT molecular complexity index is 411. The minimum absolute atomic E-state index is 0.0540. The quantitative estimate of drug-likeness (QED) is 0.755. The second-order valence-corrected chi connectivity index (χ2v) is 8.04. The molecule has 16 heavy (non-hydrogen) atoms. The normalized spacial score (nSPS) is 16.2. The van der Waals surface area contributed by atoms with Gasteiger partial charge < -0.3 is 0 Å². The molecule has 0 amide bonds. The first-order valence-corrected chi connectivity index (χ1v) is 6.76. The molecule has 92 valence electrons. The van der Waals surface area contributed by atoms with Gasteiger partial charge in [0.05, 0.1) is 16.6 Å². The molecule has 0 aromatic heterocycles. The van der Waals surface area contributed by atoms with Gasteiger partial charge in [-0.2, -0.15) is 5.26 Å². The number of carbonyl (C=O) groups excluding carboxylic acids is 1. The third kappa shape index (κ3) is 3.31. The van der Waals surface area contributed by atoms with E-state index in [9.17, 15) is 13.2 Å². The Morgan fingerprint density at radius 3 is 1.94 bits per heavy atom. The molecule has 0 aliphatic heterocycles. The zero-order chi connectivity index (χ0) is 13.2. The third-order valence-corrected chi connectivity index (χ3v) is 5.44. The van der Waals surface area contributed by atoms with E-state index in [2.05, 4.69) is 0 Å². The predicted molar refractivity (Wildman–Crippen MR) is 62.6 cm³/mol. The van der Waals surface area contributed by atoms with Crippen molar-refractivity contribution in [1.29, 1.82) is 5.26 Å². The van der Waals surface area contributed by atoms with Crippen LogP contribution in [-0.4, -0.2) is 24.7 Å². The van der Waals surface area contributed by atoms with Gasteiger partial charge in [-0.1, -0.05) is 0 Å². The van der Waals surface area contributed by atoms with Crippen LogP contribution in [0.2, 0.25) is 0 Å². The maximum Gasteiger partial charge on any atom is 0.155 e. The molecule has 0 rings (SSSR count). The van der Waals surface area contributed by atoms with Crippen molar-refractivity contribution in [1.82, 2.24) is 0 Å². The lowest BCUT2D eigenvalue weighted by molar-refractivity contribution is -0.123. The standard InChI is InChI=1S/C11H19NO3S/c1-9(13)11(5,8-12)6-7-16(14,15)10(2,3)4/h6-7H2,1-5H3. The second-order valence-electron chi connectivity index (χ2n) is 5.18. The van der Waals surface area contributed by atoms with Gasteiger partial charge >= 0.3 is 0 Å². The molecule has 0 saturated carbocycles. The highest BCUT2D eigenvalue weighted by Gasteiger charge is 2.35. The minimum atomic E-state index is -3.28. The first kappa shape index (κ1) is 15.1. The van der Waals surface area contributed by atoms with Gasteiger partial charge in [0.25, 0.3) is 0 Å². The van der Waals surface area contributed by atoms with Crippen LogP contribution in [0.15, 0.2) is 0 Å². The Balaban J connectivity index is 4.85. The van der Waals surface area contributed by atoms with Gasteiger partial charge in [-0.25, -0.2) is 8.42 Å². The number of hydrogen-bond donors (Lipinski definition) is 0. The van der Waals surface area contributed by atoms with Gasteiger partial charge in [0.15, 0.2) is 9.84 Å². The summed E-state index contributed by atoms with van der Waals surface area (Å²) in [5.74, 6) is -0.431. The minimum Gasteiger partial charge on any atom is -0.298 e. The molecular weight excluding hydrogens is 226 g/mol. The summed E-state index contributed by atoms with van der Waals surface area (Å²) in [6.07, 6.45) is 0.0540. The maximum atomic E-state index is 11.8. The van der Waals surface area contributed by atoms with E-state index < -0.39 is 20.0 Å². The van der Waals surface area contributed by atoms with E-state index >= 15 is 0 Å². The van der Waals surface area contributed by atoms with E-state index in [-0.39, 0.29) is 18.0 Å². The molecule has 0 N–H and O–H groups in total. The molecule has 1 unspecified atom stereocenters. The summed E-state index contributed by atoms with van der Waals surface area (Å²) < 4.78 is 22.8. The van der Waals surface area contributed by atoms with Crippen molar-refractivity contribution in [3.63, 3.8) is 0 Å². The lowest BCUT2D eigenvalue weighted by Crippen LogP contribution is -2.34. The predicted octanol–water partition coefficient (Wildman–Crippen LogP) is 1.71. The van der Waals surface area contributed by atoms with E-state index in [1.54, 1.807) is 20.8 Å². The first-order chi connectivity index (χ1) is 6.96. The van der Waals surface area contributed by atoms with E-state index in [0.717, 1.165) is 0 Å². The highest BCUT2D eigenvalue weighted by atomic mass is 32.2. The average Bonchev–Trinajstić information content (AvgIpc) is 2.12. The van der Waals surface area contributed by atoms with Crippen molar-refractivity contribution >= 4 is 15.6 Å². The summed E-state index contributed by atoms with van der Waals surface area (Å²) in [6, 6.07) is 1.89. The molecule has 5 heteroatoms. The van der Waals surface area contributed by atoms with Crippen LogP contribution in [0, 0.1) is 16.7 Å². The average molecular weight is 245 g/mol. The topological polar surface area (TPSA) is 75.0 Å². The van der Waals surface area contributed by atoms with E-state index in [1.165, 1.54) is 13.8 Å². The lowest BCUT2D eigenvalue weighted by atomic mass is 9.85. The summed E-state index contributed by atoms with van der Waals surface area (Å²) in [5, 5.41) is 8.89. The van der Waals surface area contributed by atoms with Gasteiger partial charge in [0, 0.05) is 0 Å². The molecule has 0 radical (unpaired) electrons. The molecule has 4 nitrogen and oxygen atoms in total. The third-order valence-electron chi connectivity index (χ3n) is 2.83. The van der Waals surface area contributed by atoms with Gasteiger partial charge in [0.1, 0.15) is 11.2 Å². The molecule has 0 bridgehead atoms. The van der Waals surface area contributed by atoms with Crippen LogP contribution < -0.4 is 0 Å². The van der Waals surface area contributed by atoms with E-state index in [0.29, 0.717) is 0 Å². The second kappa shape index (κ2) is 4.54. The molecule has 0 aliphatic rings. The fourth-order valence-corrected chi connectivity index (χ4v) is 2.24. The van der Waals surface area contributed by atoms with Gasteiger partial charge in [0.2, 0.25) is 0 Å². The van der Waals surface area contributed by atoms with Crippen LogP contribution in [0.3, 0.4) is 0 Å². The zero-order valence-corrected chi connectivity index (χ0v) is 11.3. The monoisotopic (exact) mass is 245 g/mol. The number of ketones is 1. The molecule has 0 aromatic carbocycles. The van der Waals surface area contributed by atoms with E-state index in [4.69, 9.17) is 5.26 Å². The fraction of sp³-hybridized carbons (Fsp3) is 0.818. The van der Waals surface area contributed by atoms with Crippen LogP contribution in [0.5, 0.6) is 0 Å². The Hall–Kier alpha value is -0.890. The summed E-state index contributed by atoms with van der Waals surface area (Å²) in [6.45, 7) is 7.62. The highest BCUT2D eigenvalue weighted by Crippen LogP contribution is 2.25. The fourth-order valence-electron chi connectivity index (χ4n) is 0.955. The number of nitriles is 1. The van der Waals surface area contributed by atoms with Crippen molar-refractivity contribution < 1.29 is 13.2 Å². The summed E-state index contributed by atoms with van der Waals surface area (Å²) in [5.41, 5.74) is -1.20. The number of nitrogens with zero attached hydrogens (tertiary/aromatic N) is 1. The lowest BCUT2D eigenvalue weighted by Gasteiger charge is -2.23. The van der Waals surface area contributed by atoms with Crippen LogP contribution >= 0.6 is 0 Å². The van der Waals surface area contributed by atoms with Crippen LogP contribution in [0.4, 0.5) is 0 Å². The molecule has 0 spiro atoms. The number of rotatable bonds is 4. The Kier molecular flexibility index (Phi) is 4.29. The SMILES string of the molecule is CC(=O)C(C)(C#N)CCS(=O)(=O)C(C)(C)C. The van der Waals surface area contributed by atoms with E-state index in [1.807, 2.05) is 6.07 Å². The number of hydrogen-bond acceptors (Lipinski definition) is 4. The number of Topliss-reactive ketones (excluding diaryl/α,β-unsaturated/α-hetero) is 1.